The first-order chi connectivity index (χ1) is 9.61. The maximum absolute atomic E-state index is 12.2. The molecule has 3 aromatic rings. The molecule has 1 aromatic heterocycles. The first-order valence-electron chi connectivity index (χ1n) is 6.37. The fourth-order valence-corrected chi connectivity index (χ4v) is 2.11. The second kappa shape index (κ2) is 4.81. The van der Waals surface area contributed by atoms with Crippen LogP contribution >= 0.6 is 0 Å². The maximum Gasteiger partial charge on any atom is 0.255 e. The van der Waals surface area contributed by atoms with Crippen molar-refractivity contribution in [2.24, 2.45) is 0 Å². The highest BCUT2D eigenvalue weighted by molar-refractivity contribution is 6.05. The molecule has 1 amide bonds. The summed E-state index contributed by atoms with van der Waals surface area (Å²) in [6, 6.07) is 12.9. The minimum Gasteiger partial charge on any atom is -0.441 e. The van der Waals surface area contributed by atoms with E-state index < -0.39 is 0 Å². The Morgan fingerprint density at radius 3 is 2.80 bits per heavy atom. The number of oxazole rings is 1. The van der Waals surface area contributed by atoms with Gasteiger partial charge in [0.1, 0.15) is 5.52 Å². The molecule has 3 rings (SSSR count). The molecule has 0 aliphatic heterocycles. The van der Waals surface area contributed by atoms with Gasteiger partial charge in [-0.3, -0.25) is 4.79 Å². The topological polar surface area (TPSA) is 55.1 Å². The van der Waals surface area contributed by atoms with E-state index in [1.165, 1.54) is 0 Å². The number of hydrogen-bond donors (Lipinski definition) is 1. The van der Waals surface area contributed by atoms with Crippen molar-refractivity contribution in [2.75, 3.05) is 5.32 Å². The molecule has 0 aliphatic carbocycles. The summed E-state index contributed by atoms with van der Waals surface area (Å²) >= 11 is 0. The summed E-state index contributed by atoms with van der Waals surface area (Å²) in [5.41, 5.74) is 3.86. The van der Waals surface area contributed by atoms with Gasteiger partial charge in [0, 0.05) is 18.2 Å². The van der Waals surface area contributed by atoms with Crippen LogP contribution < -0.4 is 5.32 Å². The Morgan fingerprint density at radius 1 is 1.15 bits per heavy atom. The predicted molar refractivity (Wildman–Crippen MR) is 77.9 cm³/mol. The Kier molecular flexibility index (Phi) is 2.99. The van der Waals surface area contributed by atoms with Crippen molar-refractivity contribution >= 4 is 22.7 Å². The van der Waals surface area contributed by atoms with Crippen LogP contribution in [0.5, 0.6) is 0 Å². The van der Waals surface area contributed by atoms with Gasteiger partial charge < -0.3 is 9.73 Å². The smallest absolute Gasteiger partial charge is 0.255 e. The summed E-state index contributed by atoms with van der Waals surface area (Å²) in [5, 5.41) is 2.87. The lowest BCUT2D eigenvalue weighted by molar-refractivity contribution is 0.102. The Morgan fingerprint density at radius 2 is 2.00 bits per heavy atom. The van der Waals surface area contributed by atoms with Crippen LogP contribution in [-0.2, 0) is 0 Å². The number of hydrogen-bond acceptors (Lipinski definition) is 3. The first-order valence-corrected chi connectivity index (χ1v) is 6.37. The Hall–Kier alpha value is -2.62. The zero-order valence-electron chi connectivity index (χ0n) is 11.3. The number of carbonyl (C=O) groups is 1. The molecule has 0 saturated carbocycles. The van der Waals surface area contributed by atoms with Gasteiger partial charge in [-0.15, -0.1) is 0 Å². The molecule has 0 radical (unpaired) electrons. The number of fused-ring (bicyclic) bond motifs is 1. The van der Waals surface area contributed by atoms with Crippen LogP contribution in [0.25, 0.3) is 11.1 Å². The van der Waals surface area contributed by atoms with Gasteiger partial charge in [-0.25, -0.2) is 4.98 Å². The van der Waals surface area contributed by atoms with Gasteiger partial charge in [-0.05, 0) is 37.3 Å². The van der Waals surface area contributed by atoms with Crippen molar-refractivity contribution in [1.29, 1.82) is 0 Å². The van der Waals surface area contributed by atoms with E-state index in [9.17, 15) is 4.79 Å². The second-order valence-electron chi connectivity index (χ2n) is 4.74. The van der Waals surface area contributed by atoms with E-state index in [2.05, 4.69) is 10.3 Å². The molecule has 4 nitrogen and oxygen atoms in total. The number of aryl methyl sites for hydroxylation is 2. The number of rotatable bonds is 2. The van der Waals surface area contributed by atoms with Gasteiger partial charge in [0.25, 0.3) is 5.91 Å². The lowest BCUT2D eigenvalue weighted by Gasteiger charge is -2.05. The van der Waals surface area contributed by atoms with Crippen LogP contribution in [0.2, 0.25) is 0 Å². The third-order valence-electron chi connectivity index (χ3n) is 3.03. The molecule has 0 bridgehead atoms. The average Bonchev–Trinajstić information content (AvgIpc) is 2.78. The van der Waals surface area contributed by atoms with Gasteiger partial charge in [0.15, 0.2) is 11.5 Å². The fraction of sp³-hybridized carbons (Fsp3) is 0.125. The molecular formula is C16H14N2O2. The van der Waals surface area contributed by atoms with E-state index in [-0.39, 0.29) is 5.91 Å². The Labute approximate surface area is 116 Å². The number of nitrogens with one attached hydrogen (secondary N) is 1. The number of nitrogens with zero attached hydrogens (tertiary/aromatic N) is 1. The molecule has 0 unspecified atom stereocenters. The quantitative estimate of drug-likeness (QED) is 0.769. The molecule has 0 saturated heterocycles. The zero-order valence-corrected chi connectivity index (χ0v) is 11.3. The standard InChI is InChI=1S/C16H14N2O2/c1-10-4-3-5-12(8-10)16(19)18-13-6-7-15-14(9-13)17-11(2)20-15/h3-9H,1-2H3,(H,18,19). The van der Waals surface area contributed by atoms with Crippen LogP contribution in [0.15, 0.2) is 46.9 Å². The molecule has 100 valence electrons. The Bertz CT molecular complexity index is 790. The van der Waals surface area contributed by atoms with E-state index in [1.54, 1.807) is 31.2 Å². The average molecular weight is 266 g/mol. The van der Waals surface area contributed by atoms with Crippen molar-refractivity contribution < 1.29 is 9.21 Å². The van der Waals surface area contributed by atoms with Crippen molar-refractivity contribution in [3.8, 4) is 0 Å². The normalized spacial score (nSPS) is 10.7. The van der Waals surface area contributed by atoms with Crippen molar-refractivity contribution in [3.63, 3.8) is 0 Å². The van der Waals surface area contributed by atoms with Crippen molar-refractivity contribution in [1.82, 2.24) is 4.98 Å². The molecule has 2 aromatic carbocycles. The van der Waals surface area contributed by atoms with E-state index in [1.807, 2.05) is 25.1 Å². The number of anilines is 1. The summed E-state index contributed by atoms with van der Waals surface area (Å²) in [7, 11) is 0. The lowest BCUT2D eigenvalue weighted by atomic mass is 10.1. The lowest BCUT2D eigenvalue weighted by Crippen LogP contribution is -2.11. The molecule has 4 heteroatoms. The first kappa shape index (κ1) is 12.4. The van der Waals surface area contributed by atoms with Crippen LogP contribution in [0, 0.1) is 13.8 Å². The monoisotopic (exact) mass is 266 g/mol. The van der Waals surface area contributed by atoms with Crippen LogP contribution in [-0.4, -0.2) is 10.9 Å². The van der Waals surface area contributed by atoms with Gasteiger partial charge in [-0.2, -0.15) is 0 Å². The van der Waals surface area contributed by atoms with Crippen molar-refractivity contribution in [3.05, 3.63) is 59.5 Å². The van der Waals surface area contributed by atoms with Gasteiger partial charge in [0.05, 0.1) is 0 Å². The highest BCUT2D eigenvalue weighted by atomic mass is 16.3. The Balaban J connectivity index is 1.87. The number of amides is 1. The van der Waals surface area contributed by atoms with Gasteiger partial charge in [-0.1, -0.05) is 17.7 Å². The van der Waals surface area contributed by atoms with E-state index >= 15 is 0 Å². The van der Waals surface area contributed by atoms with Crippen molar-refractivity contribution in [2.45, 2.75) is 13.8 Å². The second-order valence-corrected chi connectivity index (χ2v) is 4.74. The summed E-state index contributed by atoms with van der Waals surface area (Å²) in [6.45, 7) is 3.76. The third kappa shape index (κ3) is 2.40. The molecule has 0 atom stereocenters. The number of benzene rings is 2. The van der Waals surface area contributed by atoms with Gasteiger partial charge in [0.2, 0.25) is 0 Å². The van der Waals surface area contributed by atoms with Crippen LogP contribution in [0.1, 0.15) is 21.8 Å². The predicted octanol–water partition coefficient (Wildman–Crippen LogP) is 3.70. The third-order valence-corrected chi connectivity index (χ3v) is 3.03. The molecule has 1 N–H and O–H groups in total. The molecule has 20 heavy (non-hydrogen) atoms. The molecular weight excluding hydrogens is 252 g/mol. The summed E-state index contributed by atoms with van der Waals surface area (Å²) < 4.78 is 5.40. The van der Waals surface area contributed by atoms with Crippen LogP contribution in [0.3, 0.4) is 0 Å². The highest BCUT2D eigenvalue weighted by Crippen LogP contribution is 2.20. The molecule has 0 aliphatic rings. The van der Waals surface area contributed by atoms with E-state index in [0.29, 0.717) is 17.1 Å². The number of carbonyl (C=O) groups excluding carboxylic acids is 1. The number of aromatic nitrogens is 1. The highest BCUT2D eigenvalue weighted by Gasteiger charge is 2.08. The molecule has 0 fully saturated rings. The van der Waals surface area contributed by atoms with Gasteiger partial charge >= 0.3 is 0 Å². The minimum absolute atomic E-state index is 0.131. The fourth-order valence-electron chi connectivity index (χ4n) is 2.11. The zero-order chi connectivity index (χ0) is 14.1. The summed E-state index contributed by atoms with van der Waals surface area (Å²) in [5.74, 6) is 0.482. The summed E-state index contributed by atoms with van der Waals surface area (Å²) in [4.78, 5) is 16.4. The van der Waals surface area contributed by atoms with E-state index in [4.69, 9.17) is 4.42 Å². The largest absolute Gasteiger partial charge is 0.441 e. The van der Waals surface area contributed by atoms with Crippen LogP contribution in [0.4, 0.5) is 5.69 Å². The SMILES string of the molecule is Cc1cccc(C(=O)Nc2ccc3oc(C)nc3c2)c1. The maximum atomic E-state index is 12.2. The minimum atomic E-state index is -0.131. The summed E-state index contributed by atoms with van der Waals surface area (Å²) in [6.07, 6.45) is 0. The molecule has 0 spiro atoms. The molecule has 1 heterocycles. The van der Waals surface area contributed by atoms with E-state index in [0.717, 1.165) is 16.7 Å².